The van der Waals surface area contributed by atoms with E-state index in [1.165, 1.54) is 0 Å². The van der Waals surface area contributed by atoms with Crippen LogP contribution in [0.25, 0.3) is 0 Å². The fourth-order valence-corrected chi connectivity index (χ4v) is 2.31. The van der Waals surface area contributed by atoms with Crippen molar-refractivity contribution in [2.45, 2.75) is 18.9 Å². The number of nitrogens with two attached hydrogens (primary N) is 1. The number of amides is 2. The molecule has 1 heterocycles. The van der Waals surface area contributed by atoms with Gasteiger partial charge in [0.2, 0.25) is 11.8 Å². The molecule has 1 unspecified atom stereocenters. The Bertz CT molecular complexity index is 647. The second-order valence-electron chi connectivity index (χ2n) is 5.37. The number of carbonyl (C=O) groups is 2. The Hall–Kier alpha value is -2.73. The molecular weight excluding hydrogens is 304 g/mol. The first kappa shape index (κ1) is 17.6. The van der Waals surface area contributed by atoms with Crippen molar-refractivity contribution in [3.05, 3.63) is 66.0 Å². The molecule has 0 saturated heterocycles. The van der Waals surface area contributed by atoms with Crippen LogP contribution in [0.3, 0.4) is 0 Å². The fraction of sp³-hybridized carbons (Fsp3) is 0.278. The lowest BCUT2D eigenvalue weighted by atomic mass is 10.0. The van der Waals surface area contributed by atoms with Crippen LogP contribution in [0, 0.1) is 0 Å². The van der Waals surface area contributed by atoms with E-state index in [-0.39, 0.29) is 37.4 Å². The predicted octanol–water partition coefficient (Wildman–Crippen LogP) is 0.947. The predicted molar refractivity (Wildman–Crippen MR) is 91.9 cm³/mol. The van der Waals surface area contributed by atoms with E-state index >= 15 is 0 Å². The van der Waals surface area contributed by atoms with Crippen molar-refractivity contribution in [1.29, 1.82) is 0 Å². The van der Waals surface area contributed by atoms with Crippen molar-refractivity contribution in [1.82, 2.24) is 15.6 Å². The van der Waals surface area contributed by atoms with Crippen LogP contribution in [-0.4, -0.2) is 29.9 Å². The quantitative estimate of drug-likeness (QED) is 0.673. The Morgan fingerprint density at radius 1 is 1.04 bits per heavy atom. The molecule has 24 heavy (non-hydrogen) atoms. The standard InChI is InChI=1S/C18H22N4O2/c19-10-9-17(23)21-13-18(24)22-16(14-6-2-1-3-7-14)12-15-8-4-5-11-20-15/h1-8,11,16H,9-10,12-13,19H2,(H,21,23)(H,22,24). The number of rotatable bonds is 8. The number of hydrogen-bond donors (Lipinski definition) is 3. The van der Waals surface area contributed by atoms with Crippen molar-refractivity contribution < 1.29 is 9.59 Å². The van der Waals surface area contributed by atoms with Gasteiger partial charge in [0.25, 0.3) is 0 Å². The zero-order valence-corrected chi connectivity index (χ0v) is 13.4. The fourth-order valence-electron chi connectivity index (χ4n) is 2.31. The van der Waals surface area contributed by atoms with Gasteiger partial charge in [0, 0.05) is 31.3 Å². The highest BCUT2D eigenvalue weighted by Gasteiger charge is 2.16. The smallest absolute Gasteiger partial charge is 0.239 e. The highest BCUT2D eigenvalue weighted by molar-refractivity contribution is 5.84. The second-order valence-corrected chi connectivity index (χ2v) is 5.37. The van der Waals surface area contributed by atoms with Gasteiger partial charge < -0.3 is 16.4 Å². The van der Waals surface area contributed by atoms with E-state index in [1.807, 2.05) is 48.5 Å². The van der Waals surface area contributed by atoms with E-state index in [2.05, 4.69) is 15.6 Å². The molecule has 0 aliphatic carbocycles. The Balaban J connectivity index is 2.01. The molecule has 0 aliphatic heterocycles. The molecule has 1 atom stereocenters. The minimum Gasteiger partial charge on any atom is -0.347 e. The number of hydrogen-bond acceptors (Lipinski definition) is 4. The molecule has 0 saturated carbocycles. The molecular formula is C18H22N4O2. The summed E-state index contributed by atoms with van der Waals surface area (Å²) in [6.07, 6.45) is 2.52. The van der Waals surface area contributed by atoms with Crippen LogP contribution >= 0.6 is 0 Å². The van der Waals surface area contributed by atoms with Crippen molar-refractivity contribution >= 4 is 11.8 Å². The summed E-state index contributed by atoms with van der Waals surface area (Å²) in [6.45, 7) is 0.199. The van der Waals surface area contributed by atoms with Gasteiger partial charge in [-0.1, -0.05) is 36.4 Å². The highest BCUT2D eigenvalue weighted by Crippen LogP contribution is 2.17. The first-order valence-electron chi connectivity index (χ1n) is 7.90. The molecule has 0 bridgehead atoms. The molecule has 0 spiro atoms. The number of nitrogens with one attached hydrogen (secondary N) is 2. The molecule has 6 heteroatoms. The summed E-state index contributed by atoms with van der Waals surface area (Å²) in [4.78, 5) is 27.9. The average molecular weight is 326 g/mol. The summed E-state index contributed by atoms with van der Waals surface area (Å²) in [5.41, 5.74) is 7.19. The lowest BCUT2D eigenvalue weighted by Gasteiger charge is -2.19. The van der Waals surface area contributed by atoms with Gasteiger partial charge in [0.1, 0.15) is 0 Å². The minimum atomic E-state index is -0.245. The first-order chi connectivity index (χ1) is 11.7. The molecule has 1 aromatic heterocycles. The molecule has 2 rings (SSSR count). The molecule has 4 N–H and O–H groups in total. The number of nitrogens with zero attached hydrogens (tertiary/aromatic N) is 1. The molecule has 2 amide bonds. The normalized spacial score (nSPS) is 11.5. The lowest BCUT2D eigenvalue weighted by Crippen LogP contribution is -2.39. The van der Waals surface area contributed by atoms with Crippen molar-refractivity contribution in [2.24, 2.45) is 5.73 Å². The maximum absolute atomic E-state index is 12.1. The molecule has 2 aromatic rings. The number of carbonyl (C=O) groups excluding carboxylic acids is 2. The number of aromatic nitrogens is 1. The van der Waals surface area contributed by atoms with Gasteiger partial charge in [0.05, 0.1) is 12.6 Å². The van der Waals surface area contributed by atoms with Crippen LogP contribution in [0.15, 0.2) is 54.7 Å². The summed E-state index contributed by atoms with van der Waals surface area (Å²) >= 11 is 0. The highest BCUT2D eigenvalue weighted by atomic mass is 16.2. The summed E-state index contributed by atoms with van der Waals surface area (Å²) in [5, 5.41) is 5.51. The number of pyridine rings is 1. The summed E-state index contributed by atoms with van der Waals surface area (Å²) in [7, 11) is 0. The maximum Gasteiger partial charge on any atom is 0.239 e. The van der Waals surface area contributed by atoms with E-state index in [0.29, 0.717) is 6.42 Å². The van der Waals surface area contributed by atoms with E-state index in [4.69, 9.17) is 5.73 Å². The van der Waals surface area contributed by atoms with E-state index < -0.39 is 0 Å². The Kier molecular flexibility index (Phi) is 6.91. The lowest BCUT2D eigenvalue weighted by molar-refractivity contribution is -0.126. The third kappa shape index (κ3) is 5.81. The van der Waals surface area contributed by atoms with E-state index in [9.17, 15) is 9.59 Å². The topological polar surface area (TPSA) is 97.1 Å². The summed E-state index contributed by atoms with van der Waals surface area (Å²) < 4.78 is 0. The second kappa shape index (κ2) is 9.42. The molecule has 0 radical (unpaired) electrons. The summed E-state index contributed by atoms with van der Waals surface area (Å²) in [6, 6.07) is 15.2. The van der Waals surface area contributed by atoms with Crippen molar-refractivity contribution in [2.75, 3.05) is 13.1 Å². The zero-order valence-electron chi connectivity index (χ0n) is 13.4. The third-order valence-corrected chi connectivity index (χ3v) is 3.49. The zero-order chi connectivity index (χ0) is 17.2. The van der Waals surface area contributed by atoms with Gasteiger partial charge in [-0.25, -0.2) is 0 Å². The molecule has 0 fully saturated rings. The number of benzene rings is 1. The van der Waals surface area contributed by atoms with Crippen LogP contribution in [0.1, 0.15) is 23.7 Å². The average Bonchev–Trinajstić information content (AvgIpc) is 2.61. The Morgan fingerprint density at radius 2 is 1.79 bits per heavy atom. The summed E-state index contributed by atoms with van der Waals surface area (Å²) in [5.74, 6) is -0.473. The van der Waals surface area contributed by atoms with E-state index in [1.54, 1.807) is 6.20 Å². The van der Waals surface area contributed by atoms with Gasteiger partial charge in [-0.05, 0) is 17.7 Å². The van der Waals surface area contributed by atoms with Gasteiger partial charge in [0.15, 0.2) is 0 Å². The SMILES string of the molecule is NCCC(=O)NCC(=O)NC(Cc1ccccn1)c1ccccc1. The Labute approximate surface area is 141 Å². The first-order valence-corrected chi connectivity index (χ1v) is 7.90. The monoisotopic (exact) mass is 326 g/mol. The molecule has 1 aromatic carbocycles. The van der Waals surface area contributed by atoms with Crippen LogP contribution in [-0.2, 0) is 16.0 Å². The molecule has 6 nitrogen and oxygen atoms in total. The van der Waals surface area contributed by atoms with Crippen molar-refractivity contribution in [3.8, 4) is 0 Å². The van der Waals surface area contributed by atoms with Gasteiger partial charge in [-0.2, -0.15) is 0 Å². The molecule has 126 valence electrons. The molecule has 0 aliphatic rings. The van der Waals surface area contributed by atoms with Crippen molar-refractivity contribution in [3.63, 3.8) is 0 Å². The minimum absolute atomic E-state index is 0.0651. The van der Waals surface area contributed by atoms with Crippen LogP contribution in [0.2, 0.25) is 0 Å². The van der Waals surface area contributed by atoms with E-state index in [0.717, 1.165) is 11.3 Å². The van der Waals surface area contributed by atoms with Crippen LogP contribution in [0.5, 0.6) is 0 Å². The Morgan fingerprint density at radius 3 is 2.46 bits per heavy atom. The van der Waals surface area contributed by atoms with Gasteiger partial charge in [-0.15, -0.1) is 0 Å². The third-order valence-electron chi connectivity index (χ3n) is 3.49. The van der Waals surface area contributed by atoms with Crippen LogP contribution in [0.4, 0.5) is 0 Å². The largest absolute Gasteiger partial charge is 0.347 e. The van der Waals surface area contributed by atoms with Gasteiger partial charge in [-0.3, -0.25) is 14.6 Å². The van der Waals surface area contributed by atoms with Crippen LogP contribution < -0.4 is 16.4 Å². The van der Waals surface area contributed by atoms with Gasteiger partial charge >= 0.3 is 0 Å². The maximum atomic E-state index is 12.1.